The van der Waals surface area contributed by atoms with E-state index in [2.05, 4.69) is 284 Å². The van der Waals surface area contributed by atoms with E-state index in [-0.39, 0.29) is 0 Å². The van der Waals surface area contributed by atoms with Crippen LogP contribution in [0.15, 0.2) is 261 Å². The van der Waals surface area contributed by atoms with Crippen LogP contribution < -0.4 is 4.90 Å². The third-order valence-electron chi connectivity index (χ3n) is 14.7. The molecule has 0 aliphatic heterocycles. The molecular formula is C66H43N5. The average molecular weight is 906 g/mol. The van der Waals surface area contributed by atoms with Crippen LogP contribution in [-0.2, 0) is 0 Å². The van der Waals surface area contributed by atoms with Crippen LogP contribution in [0.2, 0.25) is 0 Å². The lowest BCUT2D eigenvalue weighted by molar-refractivity contribution is 1.12. The summed E-state index contributed by atoms with van der Waals surface area (Å²) in [6.07, 6.45) is 0. The molecule has 5 nitrogen and oxygen atoms in total. The Balaban J connectivity index is 1.06. The van der Waals surface area contributed by atoms with Gasteiger partial charge in [0.05, 0.1) is 72.6 Å². The number of fused-ring (bicyclic) bond motifs is 12. The van der Waals surface area contributed by atoms with E-state index in [9.17, 15) is 0 Å². The lowest BCUT2D eigenvalue weighted by Crippen LogP contribution is -2.11. The third kappa shape index (κ3) is 5.81. The van der Waals surface area contributed by atoms with E-state index in [0.717, 1.165) is 61.9 Å². The van der Waals surface area contributed by atoms with Crippen LogP contribution in [0, 0.1) is 0 Å². The molecule has 0 aliphatic carbocycles. The van der Waals surface area contributed by atoms with Crippen molar-refractivity contribution in [3.8, 4) is 22.7 Å². The second-order valence-corrected chi connectivity index (χ2v) is 18.5. The number of nitrogens with zero attached hydrogens (tertiary/aromatic N) is 5. The van der Waals surface area contributed by atoms with Crippen molar-refractivity contribution in [3.05, 3.63) is 261 Å². The lowest BCUT2D eigenvalue weighted by Gasteiger charge is -2.27. The molecule has 0 N–H and O–H groups in total. The van der Waals surface area contributed by atoms with Gasteiger partial charge in [-0.1, -0.05) is 158 Å². The Morgan fingerprint density at radius 3 is 0.873 bits per heavy atom. The SMILES string of the molecule is c1ccc(N(c2ccccc2)c2cc(-n3c4ccccc4c4c(-n5c6ccccc6c6ccccc65)cccc43)cc(-n3c4ccccc4c4c(-n5c6ccccc6c6ccccc65)cccc43)c2)cc1. The molecule has 0 bridgehead atoms. The minimum absolute atomic E-state index is 1.05. The summed E-state index contributed by atoms with van der Waals surface area (Å²) < 4.78 is 9.90. The molecule has 0 unspecified atom stereocenters. The fourth-order valence-electron chi connectivity index (χ4n) is 11.9. The lowest BCUT2D eigenvalue weighted by atomic mass is 10.1. The van der Waals surface area contributed by atoms with Crippen LogP contribution in [0.4, 0.5) is 17.1 Å². The first-order chi connectivity index (χ1) is 35.3. The predicted molar refractivity (Wildman–Crippen MR) is 298 cm³/mol. The Labute approximate surface area is 409 Å². The van der Waals surface area contributed by atoms with E-state index in [1.54, 1.807) is 0 Å². The zero-order valence-corrected chi connectivity index (χ0v) is 38.6. The maximum atomic E-state index is 2.49. The molecule has 0 saturated heterocycles. The number of para-hydroxylation sites is 8. The quantitative estimate of drug-likeness (QED) is 0.156. The summed E-state index contributed by atoms with van der Waals surface area (Å²) in [5, 5.41) is 9.79. The van der Waals surface area contributed by atoms with Gasteiger partial charge in [0.2, 0.25) is 0 Å². The Morgan fingerprint density at radius 2 is 0.507 bits per heavy atom. The minimum Gasteiger partial charge on any atom is -0.310 e. The van der Waals surface area contributed by atoms with Crippen molar-refractivity contribution in [3.63, 3.8) is 0 Å². The van der Waals surface area contributed by atoms with Gasteiger partial charge in [0.15, 0.2) is 0 Å². The second-order valence-electron chi connectivity index (χ2n) is 18.5. The Hall–Kier alpha value is -9.58. The van der Waals surface area contributed by atoms with Crippen molar-refractivity contribution in [2.45, 2.75) is 0 Å². The van der Waals surface area contributed by atoms with Crippen LogP contribution in [-0.4, -0.2) is 18.3 Å². The van der Waals surface area contributed by atoms with Crippen LogP contribution in [0.25, 0.3) is 110 Å². The molecule has 71 heavy (non-hydrogen) atoms. The second kappa shape index (κ2) is 15.5. The van der Waals surface area contributed by atoms with Gasteiger partial charge >= 0.3 is 0 Å². The van der Waals surface area contributed by atoms with Gasteiger partial charge in [-0.2, -0.15) is 0 Å². The van der Waals surface area contributed by atoms with Gasteiger partial charge in [0, 0.05) is 54.5 Å². The number of benzene rings is 11. The van der Waals surface area contributed by atoms with Gasteiger partial charge in [-0.25, -0.2) is 0 Å². The smallest absolute Gasteiger partial charge is 0.0562 e. The van der Waals surface area contributed by atoms with Crippen molar-refractivity contribution in [2.24, 2.45) is 0 Å². The molecule has 0 fully saturated rings. The summed E-state index contributed by atoms with van der Waals surface area (Å²) in [6, 6.07) is 95.3. The molecular weight excluding hydrogens is 863 g/mol. The first kappa shape index (κ1) is 39.4. The van der Waals surface area contributed by atoms with Gasteiger partial charge < -0.3 is 23.2 Å². The summed E-state index contributed by atoms with van der Waals surface area (Å²) in [5.74, 6) is 0. The highest BCUT2D eigenvalue weighted by Gasteiger charge is 2.24. The van der Waals surface area contributed by atoms with E-state index in [1.807, 2.05) is 0 Å². The number of rotatable bonds is 7. The Bertz CT molecular complexity index is 4190. The summed E-state index contributed by atoms with van der Waals surface area (Å²) in [4.78, 5) is 2.39. The summed E-state index contributed by atoms with van der Waals surface area (Å²) in [6.45, 7) is 0. The molecule has 4 heterocycles. The molecule has 11 aromatic carbocycles. The van der Waals surface area contributed by atoms with Crippen LogP contribution in [0.1, 0.15) is 0 Å². The summed E-state index contributed by atoms with van der Waals surface area (Å²) in [7, 11) is 0. The molecule has 0 aliphatic rings. The first-order valence-corrected chi connectivity index (χ1v) is 24.4. The van der Waals surface area contributed by atoms with E-state index < -0.39 is 0 Å². The molecule has 0 spiro atoms. The Morgan fingerprint density at radius 1 is 0.211 bits per heavy atom. The molecule has 4 aromatic heterocycles. The molecule has 0 amide bonds. The highest BCUT2D eigenvalue weighted by molar-refractivity contribution is 6.18. The predicted octanol–water partition coefficient (Wildman–Crippen LogP) is 17.5. The molecule has 0 radical (unpaired) electrons. The number of hydrogen-bond acceptors (Lipinski definition) is 1. The largest absolute Gasteiger partial charge is 0.310 e. The van der Waals surface area contributed by atoms with Gasteiger partial charge in [-0.15, -0.1) is 0 Å². The zero-order chi connectivity index (χ0) is 46.6. The Kier molecular flexibility index (Phi) is 8.59. The number of anilines is 3. The highest BCUT2D eigenvalue weighted by Crippen LogP contribution is 2.45. The average Bonchev–Trinajstić information content (AvgIpc) is 4.17. The van der Waals surface area contributed by atoms with Crippen LogP contribution in [0.5, 0.6) is 0 Å². The van der Waals surface area contributed by atoms with E-state index >= 15 is 0 Å². The fraction of sp³-hybridized carbons (Fsp3) is 0. The summed E-state index contributed by atoms with van der Waals surface area (Å²) in [5.41, 5.74) is 16.9. The van der Waals surface area contributed by atoms with Gasteiger partial charge in [-0.05, 0) is 103 Å². The van der Waals surface area contributed by atoms with Crippen molar-refractivity contribution < 1.29 is 0 Å². The van der Waals surface area contributed by atoms with Crippen molar-refractivity contribution >= 4 is 104 Å². The molecule has 0 saturated carbocycles. The zero-order valence-electron chi connectivity index (χ0n) is 38.6. The van der Waals surface area contributed by atoms with Gasteiger partial charge in [0.1, 0.15) is 0 Å². The number of hydrogen-bond donors (Lipinski definition) is 0. The van der Waals surface area contributed by atoms with Gasteiger partial charge in [-0.3, -0.25) is 0 Å². The van der Waals surface area contributed by atoms with Gasteiger partial charge in [0.25, 0.3) is 0 Å². The maximum Gasteiger partial charge on any atom is 0.0562 e. The third-order valence-corrected chi connectivity index (χ3v) is 14.7. The molecule has 0 atom stereocenters. The minimum atomic E-state index is 1.05. The molecule has 5 heteroatoms. The molecule has 15 aromatic rings. The summed E-state index contributed by atoms with van der Waals surface area (Å²) >= 11 is 0. The van der Waals surface area contributed by atoms with Crippen LogP contribution in [0.3, 0.4) is 0 Å². The van der Waals surface area contributed by atoms with Crippen molar-refractivity contribution in [2.75, 3.05) is 4.90 Å². The highest BCUT2D eigenvalue weighted by atomic mass is 15.2. The number of aromatic nitrogens is 4. The normalized spacial score (nSPS) is 11.9. The van der Waals surface area contributed by atoms with Crippen molar-refractivity contribution in [1.29, 1.82) is 0 Å². The first-order valence-electron chi connectivity index (χ1n) is 24.4. The standard InChI is InChI=1S/C66H43N5/c1-3-21-44(22-4-1)67(45-23-5-2-6-24-45)46-41-47(68-59-35-17-11-29-53(59)65-61(68)37-19-39-63(65)70-55-31-13-7-25-49(55)50-26-8-14-32-56(50)70)43-48(42-46)69-60-36-18-12-30-54(60)66-62(69)38-20-40-64(66)71-57-33-15-9-27-51(57)52-28-10-16-34-58(52)71/h1-43H. The molecule has 332 valence electrons. The monoisotopic (exact) mass is 905 g/mol. The van der Waals surface area contributed by atoms with Crippen molar-refractivity contribution in [1.82, 2.24) is 18.3 Å². The fourth-order valence-corrected chi connectivity index (χ4v) is 11.9. The topological polar surface area (TPSA) is 23.0 Å². The maximum absolute atomic E-state index is 2.49. The molecule has 15 rings (SSSR count). The van der Waals surface area contributed by atoms with Crippen LogP contribution >= 0.6 is 0 Å². The van der Waals surface area contributed by atoms with E-state index in [1.165, 1.54) is 65.2 Å². The van der Waals surface area contributed by atoms with E-state index in [0.29, 0.717) is 0 Å². The van der Waals surface area contributed by atoms with E-state index in [4.69, 9.17) is 0 Å².